The minimum absolute atomic E-state index is 0.0596. The third-order valence-electron chi connectivity index (χ3n) is 2.82. The molecule has 1 saturated carbocycles. The van der Waals surface area contributed by atoms with Crippen molar-refractivity contribution in [3.05, 3.63) is 0 Å². The molecule has 0 spiro atoms. The van der Waals surface area contributed by atoms with Gasteiger partial charge in [0.2, 0.25) is 5.91 Å². The second-order valence-corrected chi connectivity index (χ2v) is 5.25. The number of rotatable bonds is 3. The molecular weight excluding hydrogens is 184 g/mol. The molecule has 0 radical (unpaired) electrons. The van der Waals surface area contributed by atoms with Crippen LogP contribution < -0.4 is 11.1 Å². The van der Waals surface area contributed by atoms with E-state index in [9.17, 15) is 4.79 Å². The van der Waals surface area contributed by atoms with Crippen LogP contribution in [0.1, 0.15) is 19.3 Å². The van der Waals surface area contributed by atoms with Crippen LogP contribution in [0.15, 0.2) is 0 Å². The van der Waals surface area contributed by atoms with E-state index in [1.807, 2.05) is 11.8 Å². The minimum Gasteiger partial charge on any atom is -0.354 e. The van der Waals surface area contributed by atoms with Crippen LogP contribution in [0.5, 0.6) is 0 Å². The van der Waals surface area contributed by atoms with Crippen molar-refractivity contribution in [3.8, 4) is 0 Å². The third-order valence-corrected chi connectivity index (χ3v) is 4.05. The maximum absolute atomic E-state index is 11.4. The van der Waals surface area contributed by atoms with Crippen molar-refractivity contribution >= 4 is 17.7 Å². The van der Waals surface area contributed by atoms with Crippen molar-refractivity contribution in [2.45, 2.75) is 24.8 Å². The van der Waals surface area contributed by atoms with Gasteiger partial charge in [0.15, 0.2) is 0 Å². The molecule has 74 valence electrons. The molecule has 13 heavy (non-hydrogen) atoms. The zero-order valence-corrected chi connectivity index (χ0v) is 8.53. The summed E-state index contributed by atoms with van der Waals surface area (Å²) in [7, 11) is 0. The number of amides is 1. The van der Waals surface area contributed by atoms with Crippen molar-refractivity contribution in [3.63, 3.8) is 0 Å². The van der Waals surface area contributed by atoms with Gasteiger partial charge < -0.3 is 11.1 Å². The molecule has 1 unspecified atom stereocenters. The van der Waals surface area contributed by atoms with Gasteiger partial charge in [-0.1, -0.05) is 0 Å². The summed E-state index contributed by atoms with van der Waals surface area (Å²) in [6.07, 6.45) is 2.96. The van der Waals surface area contributed by atoms with E-state index in [1.54, 1.807) is 0 Å². The fourth-order valence-corrected chi connectivity index (χ4v) is 2.80. The molecule has 2 rings (SSSR count). The van der Waals surface area contributed by atoms with Gasteiger partial charge in [0, 0.05) is 6.54 Å². The van der Waals surface area contributed by atoms with E-state index >= 15 is 0 Å². The molecule has 4 heteroatoms. The Morgan fingerprint density at radius 2 is 2.38 bits per heavy atom. The number of hydrogen-bond donors (Lipinski definition) is 2. The first-order valence-corrected chi connectivity index (χ1v) is 6.01. The first-order valence-electron chi connectivity index (χ1n) is 4.86. The quantitative estimate of drug-likeness (QED) is 0.691. The van der Waals surface area contributed by atoms with E-state index < -0.39 is 5.54 Å². The molecule has 0 bridgehead atoms. The minimum atomic E-state index is -0.494. The van der Waals surface area contributed by atoms with Crippen LogP contribution in [-0.4, -0.2) is 29.5 Å². The van der Waals surface area contributed by atoms with Gasteiger partial charge in [0.25, 0.3) is 0 Å². The number of hydrogen-bond acceptors (Lipinski definition) is 3. The SMILES string of the molecule is NC1(C(=O)NCC2CCSC2)CC1. The lowest BCUT2D eigenvalue weighted by atomic mass is 10.1. The van der Waals surface area contributed by atoms with E-state index in [2.05, 4.69) is 5.32 Å². The summed E-state index contributed by atoms with van der Waals surface area (Å²) in [5.74, 6) is 3.17. The van der Waals surface area contributed by atoms with Crippen LogP contribution in [0.2, 0.25) is 0 Å². The van der Waals surface area contributed by atoms with Crippen LogP contribution in [0.4, 0.5) is 0 Å². The molecular formula is C9H16N2OS. The Bertz CT molecular complexity index is 210. The van der Waals surface area contributed by atoms with Crippen LogP contribution >= 0.6 is 11.8 Å². The third kappa shape index (κ3) is 2.17. The molecule has 3 nitrogen and oxygen atoms in total. The average molecular weight is 200 g/mol. The average Bonchev–Trinajstić information content (AvgIpc) is 2.70. The highest BCUT2D eigenvalue weighted by Crippen LogP contribution is 2.32. The highest BCUT2D eigenvalue weighted by molar-refractivity contribution is 7.99. The Balaban J connectivity index is 1.69. The summed E-state index contributed by atoms with van der Waals surface area (Å²) in [6.45, 7) is 0.824. The summed E-state index contributed by atoms with van der Waals surface area (Å²) in [6, 6.07) is 0. The number of thioether (sulfide) groups is 1. The zero-order chi connectivity index (χ0) is 9.31. The van der Waals surface area contributed by atoms with E-state index in [-0.39, 0.29) is 5.91 Å². The summed E-state index contributed by atoms with van der Waals surface area (Å²) in [5.41, 5.74) is 5.26. The number of nitrogens with two attached hydrogens (primary N) is 1. The highest BCUT2D eigenvalue weighted by Gasteiger charge is 2.45. The smallest absolute Gasteiger partial charge is 0.240 e. The lowest BCUT2D eigenvalue weighted by Crippen LogP contribution is -2.44. The predicted octanol–water partition coefficient (Wildman–Crippen LogP) is 0.347. The van der Waals surface area contributed by atoms with Crippen LogP contribution in [0.25, 0.3) is 0 Å². The Hall–Kier alpha value is -0.220. The van der Waals surface area contributed by atoms with Crippen molar-refractivity contribution in [2.24, 2.45) is 11.7 Å². The van der Waals surface area contributed by atoms with Gasteiger partial charge in [0.1, 0.15) is 0 Å². The molecule has 1 amide bonds. The van der Waals surface area contributed by atoms with Gasteiger partial charge in [-0.15, -0.1) is 0 Å². The van der Waals surface area contributed by atoms with Gasteiger partial charge in [-0.2, -0.15) is 11.8 Å². The molecule has 1 aliphatic heterocycles. The molecule has 0 aromatic heterocycles. The summed E-state index contributed by atoms with van der Waals surface area (Å²) in [5, 5.41) is 2.95. The topological polar surface area (TPSA) is 55.1 Å². The van der Waals surface area contributed by atoms with E-state index in [0.29, 0.717) is 5.92 Å². The molecule has 3 N–H and O–H groups in total. The van der Waals surface area contributed by atoms with Crippen molar-refractivity contribution in [1.29, 1.82) is 0 Å². The second kappa shape index (κ2) is 3.50. The standard InChI is InChI=1S/C9H16N2OS/c10-9(2-3-9)8(12)11-5-7-1-4-13-6-7/h7H,1-6,10H2,(H,11,12). The number of nitrogens with one attached hydrogen (secondary N) is 1. The van der Waals surface area contributed by atoms with Gasteiger partial charge >= 0.3 is 0 Å². The molecule has 1 heterocycles. The van der Waals surface area contributed by atoms with Crippen LogP contribution in [-0.2, 0) is 4.79 Å². The molecule has 1 atom stereocenters. The Labute approximate surface area is 82.8 Å². The maximum Gasteiger partial charge on any atom is 0.240 e. The van der Waals surface area contributed by atoms with Crippen molar-refractivity contribution in [2.75, 3.05) is 18.1 Å². The molecule has 0 aromatic carbocycles. The summed E-state index contributed by atoms with van der Waals surface area (Å²) in [4.78, 5) is 11.4. The van der Waals surface area contributed by atoms with Crippen LogP contribution in [0, 0.1) is 5.92 Å². The lowest BCUT2D eigenvalue weighted by molar-refractivity contribution is -0.123. The highest BCUT2D eigenvalue weighted by atomic mass is 32.2. The van der Waals surface area contributed by atoms with E-state index in [0.717, 1.165) is 19.4 Å². The molecule has 1 aliphatic carbocycles. The fraction of sp³-hybridized carbons (Fsp3) is 0.889. The number of carbonyl (C=O) groups excluding carboxylic acids is 1. The summed E-state index contributed by atoms with van der Waals surface area (Å²) < 4.78 is 0. The maximum atomic E-state index is 11.4. The molecule has 2 aliphatic rings. The Kier molecular flexibility index (Phi) is 2.51. The number of carbonyl (C=O) groups is 1. The van der Waals surface area contributed by atoms with Gasteiger partial charge in [-0.25, -0.2) is 0 Å². The van der Waals surface area contributed by atoms with Gasteiger partial charge in [0.05, 0.1) is 5.54 Å². The van der Waals surface area contributed by atoms with Crippen LogP contribution in [0.3, 0.4) is 0 Å². The monoisotopic (exact) mass is 200 g/mol. The Morgan fingerprint density at radius 1 is 1.62 bits per heavy atom. The summed E-state index contributed by atoms with van der Waals surface area (Å²) >= 11 is 1.97. The first kappa shape index (κ1) is 9.34. The first-order chi connectivity index (χ1) is 6.21. The predicted molar refractivity (Wildman–Crippen MR) is 54.6 cm³/mol. The van der Waals surface area contributed by atoms with E-state index in [4.69, 9.17) is 5.73 Å². The van der Waals surface area contributed by atoms with Crippen molar-refractivity contribution in [1.82, 2.24) is 5.32 Å². The Morgan fingerprint density at radius 3 is 2.92 bits per heavy atom. The molecule has 0 aromatic rings. The zero-order valence-electron chi connectivity index (χ0n) is 7.71. The largest absolute Gasteiger partial charge is 0.354 e. The lowest BCUT2D eigenvalue weighted by Gasteiger charge is -2.13. The van der Waals surface area contributed by atoms with Gasteiger partial charge in [-0.3, -0.25) is 4.79 Å². The van der Waals surface area contributed by atoms with E-state index in [1.165, 1.54) is 17.9 Å². The molecule has 2 fully saturated rings. The van der Waals surface area contributed by atoms with Crippen molar-refractivity contribution < 1.29 is 4.79 Å². The van der Waals surface area contributed by atoms with Gasteiger partial charge in [-0.05, 0) is 36.7 Å². The fourth-order valence-electron chi connectivity index (χ4n) is 1.52. The second-order valence-electron chi connectivity index (χ2n) is 4.10. The normalized spacial score (nSPS) is 30.1. The molecule has 1 saturated heterocycles.